The molecular weight excluding hydrogens is 434 g/mol. The maximum Gasteiger partial charge on any atom is 0.322 e. The van der Waals surface area contributed by atoms with Gasteiger partial charge in [0, 0.05) is 12.2 Å². The summed E-state index contributed by atoms with van der Waals surface area (Å²) in [5.41, 5.74) is 5.39. The van der Waals surface area contributed by atoms with Gasteiger partial charge >= 0.3 is 11.9 Å². The molecule has 0 unspecified atom stereocenters. The van der Waals surface area contributed by atoms with E-state index in [9.17, 15) is 19.2 Å². The molecule has 2 atom stereocenters. The van der Waals surface area contributed by atoms with Crippen molar-refractivity contribution in [2.75, 3.05) is 18.1 Å². The van der Waals surface area contributed by atoms with E-state index in [4.69, 9.17) is 15.9 Å². The summed E-state index contributed by atoms with van der Waals surface area (Å²) >= 11 is 1.53. The van der Waals surface area contributed by atoms with Crippen LogP contribution in [0, 0.1) is 0 Å². The number of thioether (sulfide) groups is 1. The minimum absolute atomic E-state index is 0.0453. The third kappa shape index (κ3) is 17.8. The van der Waals surface area contributed by atoms with Gasteiger partial charge in [-0.3, -0.25) is 19.2 Å². The summed E-state index contributed by atoms with van der Waals surface area (Å²) in [7, 11) is 0. The maximum atomic E-state index is 12.2. The Kier molecular flexibility index (Phi) is 18.7. The van der Waals surface area contributed by atoms with Gasteiger partial charge in [0.1, 0.15) is 18.6 Å². The van der Waals surface area contributed by atoms with Crippen LogP contribution in [0.5, 0.6) is 0 Å². The zero-order chi connectivity index (χ0) is 24.2. The molecule has 9 nitrogen and oxygen atoms in total. The van der Waals surface area contributed by atoms with Crippen molar-refractivity contribution in [3.05, 3.63) is 0 Å². The first-order valence-corrected chi connectivity index (χ1v) is 12.8. The summed E-state index contributed by atoms with van der Waals surface area (Å²) in [6.07, 6.45) is 12.2. The van der Waals surface area contributed by atoms with Crippen LogP contribution in [0.2, 0.25) is 0 Å². The Bertz CT molecular complexity index is 562. The SMILES string of the molecule is CCCCCCCCCCCCSC[C@H](NC(=O)CC[C@H](N)C(=O)O)C(=O)NCC(=O)O. The van der Waals surface area contributed by atoms with Crippen molar-refractivity contribution in [1.29, 1.82) is 0 Å². The molecule has 6 N–H and O–H groups in total. The predicted molar refractivity (Wildman–Crippen MR) is 127 cm³/mol. The van der Waals surface area contributed by atoms with Gasteiger partial charge in [0.2, 0.25) is 11.8 Å². The summed E-state index contributed by atoms with van der Waals surface area (Å²) in [5, 5.41) is 22.4. The van der Waals surface area contributed by atoms with Crippen molar-refractivity contribution < 1.29 is 29.4 Å². The molecule has 0 aromatic rings. The van der Waals surface area contributed by atoms with Crippen molar-refractivity contribution in [2.45, 2.75) is 96.1 Å². The third-order valence-electron chi connectivity index (χ3n) is 4.99. The van der Waals surface area contributed by atoms with Crippen LogP contribution >= 0.6 is 11.8 Å². The van der Waals surface area contributed by atoms with Gasteiger partial charge in [0.25, 0.3) is 0 Å². The Labute approximate surface area is 195 Å². The van der Waals surface area contributed by atoms with Crippen LogP contribution in [0.3, 0.4) is 0 Å². The molecule has 0 aromatic heterocycles. The average molecular weight is 476 g/mol. The number of unbranched alkanes of at least 4 members (excludes halogenated alkanes) is 9. The predicted octanol–water partition coefficient (Wildman–Crippen LogP) is 2.52. The summed E-state index contributed by atoms with van der Waals surface area (Å²) < 4.78 is 0. The highest BCUT2D eigenvalue weighted by atomic mass is 32.2. The van der Waals surface area contributed by atoms with Crippen molar-refractivity contribution in [3.63, 3.8) is 0 Å². The highest BCUT2D eigenvalue weighted by molar-refractivity contribution is 7.99. The molecule has 0 spiro atoms. The van der Waals surface area contributed by atoms with E-state index in [1.807, 2.05) is 0 Å². The number of amides is 2. The van der Waals surface area contributed by atoms with Crippen molar-refractivity contribution in [1.82, 2.24) is 10.6 Å². The molecule has 10 heteroatoms. The first kappa shape index (κ1) is 30.2. The number of nitrogens with two attached hydrogens (primary N) is 1. The lowest BCUT2D eigenvalue weighted by Crippen LogP contribution is -2.49. The number of carboxylic acid groups (broad SMARTS) is 2. The van der Waals surface area contributed by atoms with E-state index in [2.05, 4.69) is 17.6 Å². The Balaban J connectivity index is 4.17. The largest absolute Gasteiger partial charge is 0.480 e. The van der Waals surface area contributed by atoms with Crippen molar-refractivity contribution >= 4 is 35.5 Å². The third-order valence-corrected chi connectivity index (χ3v) is 6.14. The smallest absolute Gasteiger partial charge is 0.322 e. The van der Waals surface area contributed by atoms with E-state index >= 15 is 0 Å². The number of hydrogen-bond acceptors (Lipinski definition) is 6. The van der Waals surface area contributed by atoms with E-state index < -0.39 is 42.4 Å². The van der Waals surface area contributed by atoms with Gasteiger partial charge in [0.05, 0.1) is 0 Å². The molecule has 0 aromatic carbocycles. The highest BCUT2D eigenvalue weighted by Gasteiger charge is 2.22. The van der Waals surface area contributed by atoms with Crippen LogP contribution in [0.25, 0.3) is 0 Å². The lowest BCUT2D eigenvalue weighted by atomic mass is 10.1. The summed E-state index contributed by atoms with van der Waals surface area (Å²) in [4.78, 5) is 45.8. The molecular formula is C22H41N3O6S. The van der Waals surface area contributed by atoms with E-state index in [1.165, 1.54) is 63.1 Å². The zero-order valence-electron chi connectivity index (χ0n) is 19.3. The summed E-state index contributed by atoms with van der Waals surface area (Å²) in [5.74, 6) is -2.26. The minimum Gasteiger partial charge on any atom is -0.480 e. The number of rotatable bonds is 21. The number of aliphatic carboxylic acids is 2. The second-order valence-corrected chi connectivity index (χ2v) is 9.12. The second kappa shape index (κ2) is 19.8. The molecule has 0 bridgehead atoms. The molecule has 0 saturated carbocycles. The van der Waals surface area contributed by atoms with Gasteiger partial charge < -0.3 is 26.6 Å². The minimum atomic E-state index is -1.19. The standard InChI is InChI=1S/C22H41N3O6S/c1-2-3-4-5-6-7-8-9-10-11-14-32-16-18(21(29)24-15-20(27)28)25-19(26)13-12-17(23)22(30)31/h17-18H,2-16,23H2,1H3,(H,24,29)(H,25,26)(H,27,28)(H,30,31)/t17-,18-/m0/s1. The van der Waals surface area contributed by atoms with E-state index in [1.54, 1.807) is 0 Å². The van der Waals surface area contributed by atoms with Crippen LogP contribution in [0.1, 0.15) is 84.0 Å². The molecule has 0 saturated heterocycles. The summed E-state index contributed by atoms with van der Waals surface area (Å²) in [6.45, 7) is 1.69. The molecule has 2 amide bonds. The van der Waals surface area contributed by atoms with Gasteiger partial charge in [-0.1, -0.05) is 64.7 Å². The van der Waals surface area contributed by atoms with Crippen molar-refractivity contribution in [3.8, 4) is 0 Å². The fraction of sp³-hybridized carbons (Fsp3) is 0.818. The molecule has 0 aliphatic rings. The van der Waals surface area contributed by atoms with E-state index in [0.717, 1.165) is 18.6 Å². The maximum absolute atomic E-state index is 12.2. The molecule has 0 aliphatic heterocycles. The normalized spacial score (nSPS) is 12.7. The molecule has 0 radical (unpaired) electrons. The number of hydrogen-bond donors (Lipinski definition) is 5. The Morgan fingerprint density at radius 3 is 2.00 bits per heavy atom. The van der Waals surface area contributed by atoms with Crippen LogP contribution in [-0.4, -0.2) is 64.1 Å². The molecule has 32 heavy (non-hydrogen) atoms. The van der Waals surface area contributed by atoms with Crippen LogP contribution < -0.4 is 16.4 Å². The number of nitrogens with one attached hydrogen (secondary N) is 2. The van der Waals surface area contributed by atoms with E-state index in [0.29, 0.717) is 5.75 Å². The highest BCUT2D eigenvalue weighted by Crippen LogP contribution is 2.13. The number of carbonyl (C=O) groups is 4. The average Bonchev–Trinajstić information content (AvgIpc) is 2.75. The van der Waals surface area contributed by atoms with Crippen LogP contribution in [-0.2, 0) is 19.2 Å². The van der Waals surface area contributed by atoms with Gasteiger partial charge in [-0.05, 0) is 18.6 Å². The second-order valence-electron chi connectivity index (χ2n) is 7.97. The molecule has 0 heterocycles. The van der Waals surface area contributed by atoms with E-state index in [-0.39, 0.29) is 12.8 Å². The Hall–Kier alpha value is -1.81. The van der Waals surface area contributed by atoms with Crippen LogP contribution in [0.4, 0.5) is 0 Å². The molecule has 0 fully saturated rings. The first-order chi connectivity index (χ1) is 15.3. The topological polar surface area (TPSA) is 159 Å². The molecule has 0 aliphatic carbocycles. The van der Waals surface area contributed by atoms with Gasteiger partial charge in [-0.25, -0.2) is 0 Å². The fourth-order valence-corrected chi connectivity index (χ4v) is 4.08. The Morgan fingerprint density at radius 2 is 1.47 bits per heavy atom. The zero-order valence-corrected chi connectivity index (χ0v) is 20.1. The number of carboxylic acids is 2. The van der Waals surface area contributed by atoms with Crippen molar-refractivity contribution in [2.24, 2.45) is 5.73 Å². The molecule has 186 valence electrons. The van der Waals surface area contributed by atoms with Gasteiger partial charge in [-0.15, -0.1) is 0 Å². The van der Waals surface area contributed by atoms with Gasteiger partial charge in [-0.2, -0.15) is 11.8 Å². The van der Waals surface area contributed by atoms with Crippen LogP contribution in [0.15, 0.2) is 0 Å². The quantitative estimate of drug-likeness (QED) is 0.158. The Morgan fingerprint density at radius 1 is 0.906 bits per heavy atom. The summed E-state index contributed by atoms with van der Waals surface area (Å²) in [6, 6.07) is -2.03. The lowest BCUT2D eigenvalue weighted by Gasteiger charge is -2.18. The van der Waals surface area contributed by atoms with Gasteiger partial charge in [0.15, 0.2) is 0 Å². The fourth-order valence-electron chi connectivity index (χ4n) is 3.04. The lowest BCUT2D eigenvalue weighted by molar-refractivity contribution is -0.139. The first-order valence-electron chi connectivity index (χ1n) is 11.6. The number of carbonyl (C=O) groups excluding carboxylic acids is 2. The monoisotopic (exact) mass is 475 g/mol. The molecule has 0 rings (SSSR count).